The maximum atomic E-state index is 14.3. The van der Waals surface area contributed by atoms with Gasteiger partial charge >= 0.3 is 6.18 Å². The van der Waals surface area contributed by atoms with Gasteiger partial charge in [-0.05, 0) is 29.5 Å². The molecule has 2 aliphatic rings. The topological polar surface area (TPSA) is 71.8 Å². The molecule has 0 radical (unpaired) electrons. The number of rotatable bonds is 5. The lowest BCUT2D eigenvalue weighted by Gasteiger charge is -2.33. The number of pyridine rings is 1. The standard InChI is InChI=1S/C22H21F4N5O/c1-31-11-16(10-29-31)12-2-3-13-9-28-17(5-14(13)4-12)19(30-20(32)15-7-27-8-15)21(6-18(21)23)22(24,25)26/h2-5,9-11,15,18-19,27H,6-8H2,1H3,(H,30,32). The third-order valence-electron chi connectivity index (χ3n) is 6.47. The molecular formula is C22H21F4N5O. The van der Waals surface area contributed by atoms with E-state index in [9.17, 15) is 22.4 Å². The van der Waals surface area contributed by atoms with Crippen molar-refractivity contribution in [3.05, 3.63) is 48.5 Å². The summed E-state index contributed by atoms with van der Waals surface area (Å²) >= 11 is 0. The van der Waals surface area contributed by atoms with Crippen molar-refractivity contribution in [2.45, 2.75) is 24.8 Å². The average molecular weight is 447 g/mol. The number of hydrogen-bond acceptors (Lipinski definition) is 4. The van der Waals surface area contributed by atoms with Gasteiger partial charge in [-0.3, -0.25) is 14.5 Å². The first kappa shape index (κ1) is 20.9. The normalized spacial score (nSPS) is 24.2. The van der Waals surface area contributed by atoms with Crippen LogP contribution in [0.2, 0.25) is 0 Å². The van der Waals surface area contributed by atoms with Gasteiger partial charge in [0.25, 0.3) is 0 Å². The summed E-state index contributed by atoms with van der Waals surface area (Å²) in [5, 5.41) is 10.9. The second kappa shape index (κ2) is 7.26. The molecule has 3 atom stereocenters. The van der Waals surface area contributed by atoms with Gasteiger partial charge in [0.05, 0.1) is 23.9 Å². The van der Waals surface area contributed by atoms with Crippen LogP contribution in [0.25, 0.3) is 21.9 Å². The molecule has 32 heavy (non-hydrogen) atoms. The highest BCUT2D eigenvalue weighted by Gasteiger charge is 2.76. The molecule has 0 bridgehead atoms. The molecule has 1 amide bonds. The number of aromatic nitrogens is 3. The van der Waals surface area contributed by atoms with Gasteiger partial charge in [-0.15, -0.1) is 0 Å². The number of nitrogens with zero attached hydrogens (tertiary/aromatic N) is 3. The van der Waals surface area contributed by atoms with Crippen LogP contribution in [0.1, 0.15) is 18.2 Å². The van der Waals surface area contributed by atoms with Crippen molar-refractivity contribution in [2.24, 2.45) is 18.4 Å². The van der Waals surface area contributed by atoms with E-state index in [2.05, 4.69) is 20.7 Å². The molecule has 3 heterocycles. The summed E-state index contributed by atoms with van der Waals surface area (Å²) in [6.07, 6.45) is -2.63. The van der Waals surface area contributed by atoms with Crippen LogP contribution in [0.5, 0.6) is 0 Å². The van der Waals surface area contributed by atoms with Crippen LogP contribution in [-0.2, 0) is 11.8 Å². The SMILES string of the molecule is Cn1cc(-c2ccc3cnc(C(NC(=O)C4CNC4)C4(C(F)(F)F)CC4F)cc3c2)cn1. The zero-order valence-electron chi connectivity index (χ0n) is 17.2. The molecule has 1 saturated carbocycles. The van der Waals surface area contributed by atoms with Crippen molar-refractivity contribution in [3.8, 4) is 11.1 Å². The Labute approximate surface area is 181 Å². The largest absolute Gasteiger partial charge is 0.399 e. The van der Waals surface area contributed by atoms with Crippen LogP contribution in [0.4, 0.5) is 17.6 Å². The number of hydrogen-bond donors (Lipinski definition) is 2. The maximum absolute atomic E-state index is 14.3. The molecule has 1 aliphatic heterocycles. The number of aryl methyl sites for hydroxylation is 1. The fourth-order valence-corrected chi connectivity index (χ4v) is 4.26. The monoisotopic (exact) mass is 447 g/mol. The van der Waals surface area contributed by atoms with Crippen LogP contribution >= 0.6 is 0 Å². The van der Waals surface area contributed by atoms with Crippen molar-refractivity contribution >= 4 is 16.7 Å². The molecule has 2 N–H and O–H groups in total. The van der Waals surface area contributed by atoms with E-state index in [0.29, 0.717) is 18.5 Å². The minimum absolute atomic E-state index is 0.000977. The molecule has 2 aromatic heterocycles. The minimum Gasteiger partial charge on any atom is -0.346 e. The van der Waals surface area contributed by atoms with Crippen LogP contribution in [0, 0.1) is 11.3 Å². The Kier molecular flexibility index (Phi) is 4.74. The Bertz CT molecular complexity index is 1190. The highest BCUT2D eigenvalue weighted by Crippen LogP contribution is 2.65. The van der Waals surface area contributed by atoms with Crippen molar-refractivity contribution < 1.29 is 22.4 Å². The van der Waals surface area contributed by atoms with Crippen LogP contribution in [-0.4, -0.2) is 46.1 Å². The Morgan fingerprint density at radius 2 is 1.97 bits per heavy atom. The molecule has 1 saturated heterocycles. The first-order valence-corrected chi connectivity index (χ1v) is 10.3. The minimum atomic E-state index is -4.82. The third kappa shape index (κ3) is 3.33. The predicted molar refractivity (Wildman–Crippen MR) is 109 cm³/mol. The lowest BCUT2D eigenvalue weighted by atomic mass is 9.89. The van der Waals surface area contributed by atoms with E-state index in [-0.39, 0.29) is 5.69 Å². The highest BCUT2D eigenvalue weighted by atomic mass is 19.4. The average Bonchev–Trinajstić information content (AvgIpc) is 3.20. The number of amides is 1. The smallest absolute Gasteiger partial charge is 0.346 e. The summed E-state index contributed by atoms with van der Waals surface area (Å²) in [7, 11) is 1.79. The van der Waals surface area contributed by atoms with Crippen molar-refractivity contribution in [3.63, 3.8) is 0 Å². The fraction of sp³-hybridized carbons (Fsp3) is 0.409. The van der Waals surface area contributed by atoms with Gasteiger partial charge < -0.3 is 10.6 Å². The lowest BCUT2D eigenvalue weighted by Crippen LogP contribution is -2.53. The van der Waals surface area contributed by atoms with Gasteiger partial charge in [0.2, 0.25) is 5.91 Å². The van der Waals surface area contributed by atoms with Gasteiger partial charge in [0.1, 0.15) is 11.6 Å². The molecular weight excluding hydrogens is 426 g/mol. The number of carbonyl (C=O) groups is 1. The molecule has 6 nitrogen and oxygen atoms in total. The molecule has 3 unspecified atom stereocenters. The highest BCUT2D eigenvalue weighted by molar-refractivity contribution is 5.87. The molecule has 10 heteroatoms. The van der Waals surface area contributed by atoms with E-state index in [4.69, 9.17) is 0 Å². The Morgan fingerprint density at radius 1 is 1.22 bits per heavy atom. The fourth-order valence-electron chi connectivity index (χ4n) is 4.26. The number of benzene rings is 1. The summed E-state index contributed by atoms with van der Waals surface area (Å²) < 4.78 is 57.9. The number of nitrogens with one attached hydrogen (secondary N) is 2. The van der Waals surface area contributed by atoms with Crippen LogP contribution in [0.3, 0.4) is 0 Å². The lowest BCUT2D eigenvalue weighted by molar-refractivity contribution is -0.203. The Balaban J connectivity index is 1.56. The van der Waals surface area contributed by atoms with Crippen LogP contribution < -0.4 is 10.6 Å². The molecule has 5 rings (SSSR count). The molecule has 1 aliphatic carbocycles. The Morgan fingerprint density at radius 3 is 2.53 bits per heavy atom. The summed E-state index contributed by atoms with van der Waals surface area (Å²) in [6.45, 7) is 0.770. The van der Waals surface area contributed by atoms with E-state index < -0.39 is 42.1 Å². The van der Waals surface area contributed by atoms with Crippen LogP contribution in [0.15, 0.2) is 42.9 Å². The number of fused-ring (bicyclic) bond motifs is 1. The first-order chi connectivity index (χ1) is 15.2. The van der Waals surface area contributed by atoms with E-state index >= 15 is 0 Å². The predicted octanol–water partition coefficient (Wildman–Crippen LogP) is 3.30. The maximum Gasteiger partial charge on any atom is 0.399 e. The molecule has 168 valence electrons. The van der Waals surface area contributed by atoms with Gasteiger partial charge in [0, 0.05) is 43.5 Å². The molecule has 2 fully saturated rings. The van der Waals surface area contributed by atoms with Gasteiger partial charge in [-0.2, -0.15) is 18.3 Å². The second-order valence-electron chi connectivity index (χ2n) is 8.58. The first-order valence-electron chi connectivity index (χ1n) is 10.3. The second-order valence-corrected chi connectivity index (χ2v) is 8.58. The van der Waals surface area contributed by atoms with E-state index in [1.54, 1.807) is 17.9 Å². The Hall–Kier alpha value is -3.01. The number of alkyl halides is 4. The number of carbonyl (C=O) groups excluding carboxylic acids is 1. The van der Waals surface area contributed by atoms with Gasteiger partial charge in [-0.1, -0.05) is 12.1 Å². The summed E-state index contributed by atoms with van der Waals surface area (Å²) in [6, 6.07) is 5.43. The molecule has 1 aromatic carbocycles. The molecule has 0 spiro atoms. The van der Waals surface area contributed by atoms with Crippen molar-refractivity contribution in [1.82, 2.24) is 25.4 Å². The quantitative estimate of drug-likeness (QED) is 0.589. The van der Waals surface area contributed by atoms with Gasteiger partial charge in [-0.25, -0.2) is 4.39 Å². The van der Waals surface area contributed by atoms with Crippen molar-refractivity contribution in [2.75, 3.05) is 13.1 Å². The van der Waals surface area contributed by atoms with E-state index in [1.807, 2.05) is 24.4 Å². The number of halogens is 4. The summed E-state index contributed by atoms with van der Waals surface area (Å²) in [4.78, 5) is 16.8. The van der Waals surface area contributed by atoms with Gasteiger partial charge in [0.15, 0.2) is 0 Å². The van der Waals surface area contributed by atoms with E-state index in [1.165, 1.54) is 12.3 Å². The third-order valence-corrected chi connectivity index (χ3v) is 6.47. The zero-order valence-corrected chi connectivity index (χ0v) is 17.2. The summed E-state index contributed by atoms with van der Waals surface area (Å²) in [5.74, 6) is -0.959. The van der Waals surface area contributed by atoms with Crippen molar-refractivity contribution in [1.29, 1.82) is 0 Å². The zero-order chi connectivity index (χ0) is 22.7. The van der Waals surface area contributed by atoms with E-state index in [0.717, 1.165) is 16.5 Å². The summed E-state index contributed by atoms with van der Waals surface area (Å²) in [5.41, 5.74) is -0.974. The molecule has 3 aromatic rings.